The summed E-state index contributed by atoms with van der Waals surface area (Å²) in [5.41, 5.74) is 3.41. The molecule has 5 rings (SSSR count). The molecule has 36 heavy (non-hydrogen) atoms. The third-order valence-electron chi connectivity index (χ3n) is 6.47. The molecule has 1 fully saturated rings. The number of ether oxygens (including phenoxy) is 2. The van der Waals surface area contributed by atoms with Gasteiger partial charge in [0.25, 0.3) is 5.91 Å². The molecule has 184 valence electrons. The van der Waals surface area contributed by atoms with Crippen LogP contribution < -0.4 is 9.47 Å². The molecule has 1 aromatic heterocycles. The molecule has 7 heteroatoms. The minimum Gasteiger partial charge on any atom is -0.493 e. The predicted molar refractivity (Wildman–Crippen MR) is 138 cm³/mol. The largest absolute Gasteiger partial charge is 0.493 e. The van der Waals surface area contributed by atoms with E-state index in [2.05, 4.69) is 16.0 Å². The van der Waals surface area contributed by atoms with E-state index in [9.17, 15) is 4.79 Å². The number of carbonyl (C=O) groups is 1. The van der Waals surface area contributed by atoms with Crippen LogP contribution in [0.25, 0.3) is 22.8 Å². The average molecular weight is 484 g/mol. The van der Waals surface area contributed by atoms with E-state index in [1.807, 2.05) is 71.6 Å². The Balaban J connectivity index is 1.26. The number of nitrogens with zero attached hydrogens (tertiary/aromatic N) is 3. The topological polar surface area (TPSA) is 68.0 Å². The van der Waals surface area contributed by atoms with Crippen molar-refractivity contribution in [1.29, 1.82) is 0 Å². The van der Waals surface area contributed by atoms with Crippen molar-refractivity contribution in [3.63, 3.8) is 0 Å². The standard InChI is InChI=1S/C29H29N3O4/c1-34-25-13-12-21(18-26(25)35-2)20-31-14-16-32(17-15-31)29(33)24-11-7-6-10-23(24)28-30-19-27(36-28)22-8-4-3-5-9-22/h3-13,18-19H,14-17,20H2,1-2H3. The number of amides is 1. The molecule has 3 aromatic carbocycles. The van der Waals surface area contributed by atoms with Gasteiger partial charge < -0.3 is 18.8 Å². The Labute approximate surface area is 210 Å². The second kappa shape index (κ2) is 10.7. The molecule has 1 aliphatic heterocycles. The van der Waals surface area contributed by atoms with E-state index in [0.717, 1.165) is 42.3 Å². The van der Waals surface area contributed by atoms with Gasteiger partial charge in [-0.15, -0.1) is 0 Å². The molecule has 7 nitrogen and oxygen atoms in total. The summed E-state index contributed by atoms with van der Waals surface area (Å²) < 4.78 is 16.8. The van der Waals surface area contributed by atoms with Crippen molar-refractivity contribution in [3.05, 3.63) is 90.1 Å². The Morgan fingerprint density at radius 3 is 2.36 bits per heavy atom. The van der Waals surface area contributed by atoms with Gasteiger partial charge in [0.2, 0.25) is 5.89 Å². The van der Waals surface area contributed by atoms with Gasteiger partial charge in [-0.2, -0.15) is 0 Å². The maximum absolute atomic E-state index is 13.5. The predicted octanol–water partition coefficient (Wildman–Crippen LogP) is 4.98. The van der Waals surface area contributed by atoms with Gasteiger partial charge in [0, 0.05) is 43.9 Å². The Kier molecular flexibility index (Phi) is 7.00. The van der Waals surface area contributed by atoms with Crippen molar-refractivity contribution in [2.75, 3.05) is 40.4 Å². The minimum atomic E-state index is -0.00386. The lowest BCUT2D eigenvalue weighted by Crippen LogP contribution is -2.48. The number of benzene rings is 3. The highest BCUT2D eigenvalue weighted by molar-refractivity contribution is 6.00. The first kappa shape index (κ1) is 23.6. The second-order valence-electron chi connectivity index (χ2n) is 8.70. The lowest BCUT2D eigenvalue weighted by Gasteiger charge is -2.35. The van der Waals surface area contributed by atoms with Crippen molar-refractivity contribution in [1.82, 2.24) is 14.8 Å². The normalized spacial score (nSPS) is 14.0. The molecule has 0 saturated carbocycles. The van der Waals surface area contributed by atoms with E-state index >= 15 is 0 Å². The van der Waals surface area contributed by atoms with Crippen LogP contribution in [0.5, 0.6) is 11.5 Å². The van der Waals surface area contributed by atoms with E-state index in [1.165, 1.54) is 0 Å². The summed E-state index contributed by atoms with van der Waals surface area (Å²) in [7, 11) is 3.28. The van der Waals surface area contributed by atoms with Gasteiger partial charge in [0.1, 0.15) is 0 Å². The van der Waals surface area contributed by atoms with Crippen LogP contribution in [0.1, 0.15) is 15.9 Å². The fourth-order valence-corrected chi connectivity index (χ4v) is 4.51. The number of hydrogen-bond acceptors (Lipinski definition) is 6. The quantitative estimate of drug-likeness (QED) is 0.369. The summed E-state index contributed by atoms with van der Waals surface area (Å²) >= 11 is 0. The SMILES string of the molecule is COc1ccc(CN2CCN(C(=O)c3ccccc3-c3ncc(-c4ccccc4)o3)CC2)cc1OC. The van der Waals surface area contributed by atoms with Gasteiger partial charge in [0.15, 0.2) is 17.3 Å². The molecule has 2 heterocycles. The van der Waals surface area contributed by atoms with Gasteiger partial charge in [-0.1, -0.05) is 48.5 Å². The highest BCUT2D eigenvalue weighted by Gasteiger charge is 2.25. The van der Waals surface area contributed by atoms with E-state index in [0.29, 0.717) is 35.9 Å². The van der Waals surface area contributed by atoms with Gasteiger partial charge in [-0.25, -0.2) is 4.98 Å². The summed E-state index contributed by atoms with van der Waals surface area (Å²) in [5, 5.41) is 0. The van der Waals surface area contributed by atoms with E-state index < -0.39 is 0 Å². The first-order valence-corrected chi connectivity index (χ1v) is 12.0. The Bertz CT molecular complexity index is 1330. The van der Waals surface area contributed by atoms with Crippen molar-refractivity contribution in [3.8, 4) is 34.3 Å². The van der Waals surface area contributed by atoms with Crippen LogP contribution in [0.15, 0.2) is 83.4 Å². The fourth-order valence-electron chi connectivity index (χ4n) is 4.51. The fraction of sp³-hybridized carbons (Fsp3) is 0.241. The highest BCUT2D eigenvalue weighted by Crippen LogP contribution is 2.30. The van der Waals surface area contributed by atoms with E-state index in [1.54, 1.807) is 20.4 Å². The monoisotopic (exact) mass is 483 g/mol. The molecule has 0 unspecified atom stereocenters. The molecule has 0 radical (unpaired) electrons. The van der Waals surface area contributed by atoms with Gasteiger partial charge >= 0.3 is 0 Å². The van der Waals surface area contributed by atoms with Gasteiger partial charge in [-0.05, 0) is 29.8 Å². The molecule has 0 bridgehead atoms. The van der Waals surface area contributed by atoms with Crippen LogP contribution in [0.3, 0.4) is 0 Å². The summed E-state index contributed by atoms with van der Waals surface area (Å²) in [6.07, 6.45) is 1.71. The maximum Gasteiger partial charge on any atom is 0.254 e. The molecule has 1 amide bonds. The third-order valence-corrected chi connectivity index (χ3v) is 6.47. The maximum atomic E-state index is 13.5. The number of oxazole rings is 1. The molecule has 0 N–H and O–H groups in total. The van der Waals surface area contributed by atoms with Gasteiger partial charge in [0.05, 0.1) is 26.0 Å². The summed E-state index contributed by atoms with van der Waals surface area (Å²) in [5.74, 6) is 2.57. The summed E-state index contributed by atoms with van der Waals surface area (Å²) in [4.78, 5) is 22.2. The molecule has 0 atom stereocenters. The van der Waals surface area contributed by atoms with E-state index in [-0.39, 0.29) is 5.91 Å². The van der Waals surface area contributed by atoms with Gasteiger partial charge in [-0.3, -0.25) is 9.69 Å². The Morgan fingerprint density at radius 1 is 0.889 bits per heavy atom. The van der Waals surface area contributed by atoms with E-state index in [4.69, 9.17) is 13.9 Å². The molecule has 0 aliphatic carbocycles. The Hall–Kier alpha value is -4.10. The number of piperazine rings is 1. The second-order valence-corrected chi connectivity index (χ2v) is 8.70. The zero-order valence-corrected chi connectivity index (χ0v) is 20.5. The van der Waals surface area contributed by atoms with Crippen LogP contribution in [-0.4, -0.2) is 61.1 Å². The first-order valence-electron chi connectivity index (χ1n) is 12.0. The van der Waals surface area contributed by atoms with Crippen LogP contribution >= 0.6 is 0 Å². The van der Waals surface area contributed by atoms with Crippen LogP contribution in [0.4, 0.5) is 0 Å². The van der Waals surface area contributed by atoms with Crippen molar-refractivity contribution in [2.24, 2.45) is 0 Å². The van der Waals surface area contributed by atoms with Crippen LogP contribution in [-0.2, 0) is 6.54 Å². The number of hydrogen-bond donors (Lipinski definition) is 0. The van der Waals surface area contributed by atoms with Crippen LogP contribution in [0.2, 0.25) is 0 Å². The zero-order valence-electron chi connectivity index (χ0n) is 20.5. The zero-order chi connectivity index (χ0) is 24.9. The molecule has 1 aliphatic rings. The lowest BCUT2D eigenvalue weighted by atomic mass is 10.1. The third kappa shape index (κ3) is 4.97. The molecule has 1 saturated heterocycles. The number of rotatable bonds is 7. The highest BCUT2D eigenvalue weighted by atomic mass is 16.5. The summed E-state index contributed by atoms with van der Waals surface area (Å²) in [6.45, 7) is 3.68. The van der Waals surface area contributed by atoms with Crippen molar-refractivity contribution < 1.29 is 18.7 Å². The number of carbonyl (C=O) groups excluding carboxylic acids is 1. The number of methoxy groups -OCH3 is 2. The molecule has 0 spiro atoms. The van der Waals surface area contributed by atoms with Crippen LogP contribution in [0, 0.1) is 0 Å². The smallest absolute Gasteiger partial charge is 0.254 e. The van der Waals surface area contributed by atoms with Crippen molar-refractivity contribution in [2.45, 2.75) is 6.54 Å². The molecular weight excluding hydrogens is 454 g/mol. The number of aromatic nitrogens is 1. The minimum absolute atomic E-state index is 0.00386. The summed E-state index contributed by atoms with van der Waals surface area (Å²) in [6, 6.07) is 23.3. The van der Waals surface area contributed by atoms with Crippen molar-refractivity contribution >= 4 is 5.91 Å². The lowest BCUT2D eigenvalue weighted by molar-refractivity contribution is 0.0629. The Morgan fingerprint density at radius 2 is 1.61 bits per heavy atom. The molecular formula is C29H29N3O4. The average Bonchev–Trinajstić information content (AvgIpc) is 3.44. The molecule has 4 aromatic rings. The first-order chi connectivity index (χ1) is 17.7.